The van der Waals surface area contributed by atoms with Crippen molar-refractivity contribution in [3.63, 3.8) is 0 Å². The molecule has 0 heterocycles. The minimum Gasteiger partial charge on any atom is -0.103 e. The van der Waals surface area contributed by atoms with Crippen LogP contribution < -0.4 is 0 Å². The molecule has 0 aromatic carbocycles. The molecule has 116 valence electrons. The van der Waals surface area contributed by atoms with E-state index in [2.05, 4.69) is 78.5 Å². The molecule has 0 saturated carbocycles. The van der Waals surface area contributed by atoms with Crippen LogP contribution in [-0.2, 0) is 0 Å². The molecule has 0 N–H and O–H groups in total. The van der Waals surface area contributed by atoms with E-state index in [1.54, 1.807) is 0 Å². The lowest BCUT2D eigenvalue weighted by molar-refractivity contribution is 0.503. The minimum absolute atomic E-state index is 0.00237. The third-order valence-corrected chi connectivity index (χ3v) is 4.80. The number of hydrogen-bond acceptors (Lipinski definition) is 0. The van der Waals surface area contributed by atoms with Crippen LogP contribution in [0.4, 0.5) is 0 Å². The van der Waals surface area contributed by atoms with Crippen molar-refractivity contribution in [3.8, 4) is 0 Å². The van der Waals surface area contributed by atoms with E-state index < -0.39 is 0 Å². The Morgan fingerprint density at radius 1 is 1.23 bits per heavy atom. The Morgan fingerprint density at radius 3 is 2.23 bits per heavy atom. The first kappa shape index (κ1) is 18.6. The van der Waals surface area contributed by atoms with Crippen LogP contribution in [-0.4, -0.2) is 7.85 Å². The van der Waals surface area contributed by atoms with Gasteiger partial charge in [-0.2, -0.15) is 0 Å². The molecule has 2 unspecified atom stereocenters. The normalized spacial score (nSPS) is 28.2. The van der Waals surface area contributed by atoms with Crippen LogP contribution in [0.1, 0.15) is 48.0 Å². The van der Waals surface area contributed by atoms with E-state index >= 15 is 0 Å². The summed E-state index contributed by atoms with van der Waals surface area (Å²) >= 11 is 0. The second-order valence-corrected chi connectivity index (χ2v) is 5.86. The third kappa shape index (κ3) is 2.62. The summed E-state index contributed by atoms with van der Waals surface area (Å²) < 4.78 is 0. The molecule has 0 amide bonds. The fourth-order valence-electron chi connectivity index (χ4n) is 3.92. The van der Waals surface area contributed by atoms with Crippen molar-refractivity contribution < 1.29 is 0 Å². The Hall–Kier alpha value is -1.50. The monoisotopic (exact) mass is 292 g/mol. The molecule has 0 spiro atoms. The standard InChI is InChI=1S/C21H29B/c1-8-13-18-17(11-4)19(12-5)21(16(7)22,15(6)10-3)20(18)14-9-2/h8-13,16H,2,14H2,1,3-7H3/b13-8-,15-10+,17-11-,19-12+. The van der Waals surface area contributed by atoms with E-state index in [4.69, 9.17) is 7.85 Å². The number of rotatable bonds is 5. The van der Waals surface area contributed by atoms with Crippen molar-refractivity contribution in [2.24, 2.45) is 5.41 Å². The first-order chi connectivity index (χ1) is 10.5. The number of hydrogen-bond donors (Lipinski definition) is 0. The van der Waals surface area contributed by atoms with Gasteiger partial charge in [0.1, 0.15) is 0 Å². The molecule has 22 heavy (non-hydrogen) atoms. The highest BCUT2D eigenvalue weighted by atomic mass is 14.5. The van der Waals surface area contributed by atoms with Gasteiger partial charge in [-0.1, -0.05) is 54.8 Å². The van der Waals surface area contributed by atoms with Gasteiger partial charge in [0.25, 0.3) is 0 Å². The lowest BCUT2D eigenvalue weighted by atomic mass is 9.56. The van der Waals surface area contributed by atoms with Gasteiger partial charge < -0.3 is 0 Å². The summed E-state index contributed by atoms with van der Waals surface area (Å²) in [7, 11) is 6.57. The topological polar surface area (TPSA) is 0 Å². The van der Waals surface area contributed by atoms with Gasteiger partial charge in [-0.15, -0.1) is 6.58 Å². The van der Waals surface area contributed by atoms with E-state index in [9.17, 15) is 0 Å². The molecule has 1 rings (SSSR count). The highest BCUT2D eigenvalue weighted by Gasteiger charge is 2.48. The molecule has 0 aliphatic heterocycles. The Bertz CT molecular complexity index is 579. The van der Waals surface area contributed by atoms with Crippen LogP contribution in [0.15, 0.2) is 70.9 Å². The zero-order valence-corrected chi connectivity index (χ0v) is 15.0. The first-order valence-electron chi connectivity index (χ1n) is 8.17. The molecule has 1 aliphatic carbocycles. The van der Waals surface area contributed by atoms with Gasteiger partial charge in [0.05, 0.1) is 7.85 Å². The Kier molecular flexibility index (Phi) is 6.47. The predicted molar refractivity (Wildman–Crippen MR) is 101 cm³/mol. The molecule has 0 aromatic heterocycles. The van der Waals surface area contributed by atoms with Crippen LogP contribution in [0.25, 0.3) is 0 Å². The zero-order valence-electron chi connectivity index (χ0n) is 15.0. The van der Waals surface area contributed by atoms with Gasteiger partial charge in [0.15, 0.2) is 0 Å². The van der Waals surface area contributed by atoms with Gasteiger partial charge in [0, 0.05) is 5.41 Å². The van der Waals surface area contributed by atoms with Crippen LogP contribution in [0.3, 0.4) is 0 Å². The average molecular weight is 292 g/mol. The Morgan fingerprint density at radius 2 is 1.86 bits per heavy atom. The number of allylic oxidation sites excluding steroid dienone is 11. The maximum Gasteiger partial charge on any atom is 0.0716 e. The molecule has 1 aliphatic rings. The second kappa shape index (κ2) is 7.67. The largest absolute Gasteiger partial charge is 0.103 e. The van der Waals surface area contributed by atoms with Crippen LogP contribution in [0.5, 0.6) is 0 Å². The van der Waals surface area contributed by atoms with Crippen molar-refractivity contribution in [2.45, 2.75) is 53.8 Å². The Balaban J connectivity index is 3.95. The Labute approximate surface area is 138 Å². The second-order valence-electron chi connectivity index (χ2n) is 5.86. The summed E-state index contributed by atoms with van der Waals surface area (Å²) in [6.07, 6.45) is 13.8. The predicted octanol–water partition coefficient (Wildman–Crippen LogP) is 6.27. The van der Waals surface area contributed by atoms with Crippen molar-refractivity contribution in [3.05, 3.63) is 70.9 Å². The molecular weight excluding hydrogens is 263 g/mol. The highest BCUT2D eigenvalue weighted by molar-refractivity contribution is 6.13. The van der Waals surface area contributed by atoms with Gasteiger partial charge in [-0.3, -0.25) is 0 Å². The average Bonchev–Trinajstić information content (AvgIpc) is 2.77. The molecule has 0 bridgehead atoms. The quantitative estimate of drug-likeness (QED) is 0.413. The van der Waals surface area contributed by atoms with Crippen molar-refractivity contribution >= 4 is 7.85 Å². The van der Waals surface area contributed by atoms with Crippen LogP contribution in [0, 0.1) is 5.41 Å². The molecule has 1 heteroatoms. The van der Waals surface area contributed by atoms with Crippen molar-refractivity contribution in [1.82, 2.24) is 0 Å². The maximum absolute atomic E-state index is 6.57. The molecule has 0 aromatic rings. The summed E-state index contributed by atoms with van der Waals surface area (Å²) in [5.41, 5.74) is 6.38. The van der Waals surface area contributed by atoms with Gasteiger partial charge in [0.2, 0.25) is 0 Å². The SMILES string of the molecule is [B]C(C)C1(/C(C)=C/C)C(CC=C)=C(/C=C\C)C(=C/C)/C1=C\C. The fourth-order valence-corrected chi connectivity index (χ4v) is 3.92. The van der Waals surface area contributed by atoms with Crippen molar-refractivity contribution in [1.29, 1.82) is 0 Å². The molecule has 2 atom stereocenters. The van der Waals surface area contributed by atoms with Gasteiger partial charge in [-0.05, 0) is 63.3 Å². The van der Waals surface area contributed by atoms with Crippen molar-refractivity contribution in [2.75, 3.05) is 0 Å². The summed E-state index contributed by atoms with van der Waals surface area (Å²) in [5.74, 6) is 0.00237. The molecule has 0 fully saturated rings. The van der Waals surface area contributed by atoms with E-state index in [0.717, 1.165) is 6.42 Å². The summed E-state index contributed by atoms with van der Waals surface area (Å²) in [6, 6.07) is 0. The fraction of sp³-hybridized carbons (Fsp3) is 0.429. The minimum atomic E-state index is -0.228. The highest BCUT2D eigenvalue weighted by Crippen LogP contribution is 2.61. The summed E-state index contributed by atoms with van der Waals surface area (Å²) in [4.78, 5) is 0. The molecule has 0 nitrogen and oxygen atoms in total. The maximum atomic E-state index is 6.57. The van der Waals surface area contributed by atoms with Crippen LogP contribution in [0.2, 0.25) is 5.82 Å². The van der Waals surface area contributed by atoms with E-state index in [1.165, 1.54) is 27.9 Å². The zero-order chi connectivity index (χ0) is 16.9. The van der Waals surface area contributed by atoms with E-state index in [-0.39, 0.29) is 11.2 Å². The lowest BCUT2D eigenvalue weighted by Crippen LogP contribution is -2.29. The molecule has 2 radical (unpaired) electrons. The third-order valence-electron chi connectivity index (χ3n) is 4.80. The first-order valence-corrected chi connectivity index (χ1v) is 8.17. The smallest absolute Gasteiger partial charge is 0.0716 e. The summed E-state index contributed by atoms with van der Waals surface area (Å²) in [6.45, 7) is 16.7. The molecule has 0 saturated heterocycles. The summed E-state index contributed by atoms with van der Waals surface area (Å²) in [5, 5.41) is 0. The lowest BCUT2D eigenvalue weighted by Gasteiger charge is -2.40. The van der Waals surface area contributed by atoms with Gasteiger partial charge >= 0.3 is 0 Å². The van der Waals surface area contributed by atoms with E-state index in [0.29, 0.717) is 0 Å². The molecular formula is C21H29B. The van der Waals surface area contributed by atoms with E-state index in [1.807, 2.05) is 6.08 Å². The van der Waals surface area contributed by atoms with Gasteiger partial charge in [-0.25, -0.2) is 0 Å². The van der Waals surface area contributed by atoms with Crippen LogP contribution >= 0.6 is 0 Å².